The number of anilines is 1. The van der Waals surface area contributed by atoms with Crippen LogP contribution in [-0.4, -0.2) is 72.5 Å². The fourth-order valence-electron chi connectivity index (χ4n) is 3.64. The van der Waals surface area contributed by atoms with E-state index in [1.807, 2.05) is 30.3 Å². The Hall–Kier alpha value is -2.18. The molecule has 1 unspecified atom stereocenters. The number of nitrogens with zero attached hydrogens (tertiary/aromatic N) is 3. The van der Waals surface area contributed by atoms with Crippen LogP contribution in [0.2, 0.25) is 0 Å². The van der Waals surface area contributed by atoms with Crippen molar-refractivity contribution in [2.24, 2.45) is 0 Å². The first-order chi connectivity index (χ1) is 13.1. The van der Waals surface area contributed by atoms with Gasteiger partial charge in [-0.25, -0.2) is 4.98 Å². The van der Waals surface area contributed by atoms with Crippen LogP contribution in [-0.2, 0) is 0 Å². The summed E-state index contributed by atoms with van der Waals surface area (Å²) in [5.41, 5.74) is 1.57. The number of aromatic nitrogens is 1. The van der Waals surface area contributed by atoms with Gasteiger partial charge in [0.25, 0.3) is 5.91 Å². The molecular formula is C21H29N5O. The zero-order valence-corrected chi connectivity index (χ0v) is 16.2. The van der Waals surface area contributed by atoms with Gasteiger partial charge in [-0.15, -0.1) is 0 Å². The SMILES string of the molecule is CC(CN1CCN(C)CC1)Nc1cc(C(=O)NC2CC2)c2ccccc2n1. The van der Waals surface area contributed by atoms with Crippen LogP contribution in [0.25, 0.3) is 10.9 Å². The predicted octanol–water partition coefficient (Wildman–Crippen LogP) is 2.17. The van der Waals surface area contributed by atoms with E-state index >= 15 is 0 Å². The molecule has 2 fully saturated rings. The Balaban J connectivity index is 1.49. The Labute approximate surface area is 160 Å². The Bertz CT molecular complexity index is 811. The Morgan fingerprint density at radius 2 is 1.96 bits per heavy atom. The van der Waals surface area contributed by atoms with Crippen LogP contribution in [0.3, 0.4) is 0 Å². The molecule has 4 rings (SSSR count). The Morgan fingerprint density at radius 1 is 1.22 bits per heavy atom. The summed E-state index contributed by atoms with van der Waals surface area (Å²) >= 11 is 0. The summed E-state index contributed by atoms with van der Waals surface area (Å²) in [4.78, 5) is 22.3. The van der Waals surface area contributed by atoms with E-state index in [4.69, 9.17) is 4.98 Å². The first kappa shape index (κ1) is 18.2. The highest BCUT2D eigenvalue weighted by atomic mass is 16.1. The van der Waals surface area contributed by atoms with E-state index < -0.39 is 0 Å². The normalized spacial score (nSPS) is 19.8. The van der Waals surface area contributed by atoms with E-state index in [9.17, 15) is 4.79 Å². The van der Waals surface area contributed by atoms with Gasteiger partial charge in [0.15, 0.2) is 0 Å². The fraction of sp³-hybridized carbons (Fsp3) is 0.524. The molecule has 1 aromatic heterocycles. The number of amides is 1. The second-order valence-electron chi connectivity index (χ2n) is 7.97. The number of hydrogen-bond acceptors (Lipinski definition) is 5. The minimum Gasteiger partial charge on any atom is -0.366 e. The summed E-state index contributed by atoms with van der Waals surface area (Å²) in [6.07, 6.45) is 2.17. The number of nitrogens with one attached hydrogen (secondary N) is 2. The number of hydrogen-bond donors (Lipinski definition) is 2. The molecular weight excluding hydrogens is 338 g/mol. The van der Waals surface area contributed by atoms with Crippen LogP contribution in [0.4, 0.5) is 5.82 Å². The largest absolute Gasteiger partial charge is 0.366 e. The van der Waals surface area contributed by atoms with Crippen LogP contribution in [0.1, 0.15) is 30.1 Å². The number of piperazine rings is 1. The molecule has 144 valence electrons. The average molecular weight is 367 g/mol. The molecule has 2 aliphatic rings. The molecule has 27 heavy (non-hydrogen) atoms. The quantitative estimate of drug-likeness (QED) is 0.819. The lowest BCUT2D eigenvalue weighted by atomic mass is 10.1. The van der Waals surface area contributed by atoms with Crippen molar-refractivity contribution in [3.63, 3.8) is 0 Å². The lowest BCUT2D eigenvalue weighted by Crippen LogP contribution is -2.47. The second kappa shape index (κ2) is 7.82. The third-order valence-electron chi connectivity index (χ3n) is 5.40. The molecule has 1 aliphatic carbocycles. The van der Waals surface area contributed by atoms with Crippen molar-refractivity contribution >= 4 is 22.6 Å². The van der Waals surface area contributed by atoms with Gasteiger partial charge in [0, 0.05) is 50.2 Å². The molecule has 1 atom stereocenters. The van der Waals surface area contributed by atoms with Crippen molar-refractivity contribution in [2.75, 3.05) is 45.1 Å². The minimum absolute atomic E-state index is 0.00544. The topological polar surface area (TPSA) is 60.5 Å². The van der Waals surface area contributed by atoms with Gasteiger partial charge in [-0.2, -0.15) is 0 Å². The van der Waals surface area contributed by atoms with E-state index in [1.165, 1.54) is 0 Å². The van der Waals surface area contributed by atoms with Gasteiger partial charge in [0.1, 0.15) is 5.82 Å². The highest BCUT2D eigenvalue weighted by Gasteiger charge is 2.25. The van der Waals surface area contributed by atoms with Crippen LogP contribution < -0.4 is 10.6 Å². The number of pyridine rings is 1. The lowest BCUT2D eigenvalue weighted by Gasteiger charge is -2.34. The average Bonchev–Trinajstić information content (AvgIpc) is 3.47. The molecule has 1 saturated carbocycles. The van der Waals surface area contributed by atoms with Crippen LogP contribution in [0.5, 0.6) is 0 Å². The van der Waals surface area contributed by atoms with E-state index in [0.29, 0.717) is 11.6 Å². The number of fused-ring (bicyclic) bond motifs is 1. The number of benzene rings is 1. The van der Waals surface area contributed by atoms with Crippen LogP contribution in [0.15, 0.2) is 30.3 Å². The summed E-state index contributed by atoms with van der Waals surface area (Å²) in [5, 5.41) is 7.53. The van der Waals surface area contributed by atoms with E-state index in [0.717, 1.165) is 62.3 Å². The van der Waals surface area contributed by atoms with Gasteiger partial charge in [0.05, 0.1) is 11.1 Å². The molecule has 1 amide bonds. The monoisotopic (exact) mass is 367 g/mol. The first-order valence-electron chi connectivity index (χ1n) is 9.96. The van der Waals surface area contributed by atoms with Crippen molar-refractivity contribution in [1.29, 1.82) is 0 Å². The molecule has 0 spiro atoms. The third kappa shape index (κ3) is 4.57. The standard InChI is InChI=1S/C21H29N5O/c1-15(14-26-11-9-25(2)10-12-26)22-20-13-18(21(27)23-16-7-8-16)17-5-3-4-6-19(17)24-20/h3-6,13,15-16H,7-12,14H2,1-2H3,(H,22,24)(H,23,27). The number of carbonyl (C=O) groups is 1. The summed E-state index contributed by atoms with van der Waals surface area (Å²) in [6.45, 7) is 7.59. The van der Waals surface area contributed by atoms with Gasteiger partial charge in [-0.1, -0.05) is 18.2 Å². The summed E-state index contributed by atoms with van der Waals surface area (Å²) in [6, 6.07) is 10.4. The number of carbonyl (C=O) groups excluding carboxylic acids is 1. The molecule has 6 nitrogen and oxygen atoms in total. The van der Waals surface area contributed by atoms with Gasteiger partial charge < -0.3 is 15.5 Å². The second-order valence-corrected chi connectivity index (χ2v) is 7.97. The Kier molecular flexibility index (Phi) is 5.27. The molecule has 6 heteroatoms. The smallest absolute Gasteiger partial charge is 0.252 e. The van der Waals surface area contributed by atoms with Crippen molar-refractivity contribution in [2.45, 2.75) is 31.8 Å². The molecule has 1 saturated heterocycles. The van der Waals surface area contributed by atoms with Crippen molar-refractivity contribution < 1.29 is 4.79 Å². The molecule has 2 heterocycles. The van der Waals surface area contributed by atoms with Gasteiger partial charge in [-0.05, 0) is 38.9 Å². The Morgan fingerprint density at radius 3 is 2.70 bits per heavy atom. The van der Waals surface area contributed by atoms with Gasteiger partial charge >= 0.3 is 0 Å². The van der Waals surface area contributed by atoms with Gasteiger partial charge in [-0.3, -0.25) is 9.69 Å². The molecule has 0 radical (unpaired) electrons. The van der Waals surface area contributed by atoms with Crippen LogP contribution in [0, 0.1) is 0 Å². The predicted molar refractivity (Wildman–Crippen MR) is 109 cm³/mol. The maximum atomic E-state index is 12.7. The maximum Gasteiger partial charge on any atom is 0.252 e. The first-order valence-corrected chi connectivity index (χ1v) is 9.96. The van der Waals surface area contributed by atoms with Gasteiger partial charge in [0.2, 0.25) is 0 Å². The molecule has 1 aromatic carbocycles. The van der Waals surface area contributed by atoms with E-state index in [2.05, 4.69) is 34.4 Å². The van der Waals surface area contributed by atoms with Crippen molar-refractivity contribution in [3.8, 4) is 0 Å². The lowest BCUT2D eigenvalue weighted by molar-refractivity contribution is 0.0952. The highest BCUT2D eigenvalue weighted by Crippen LogP contribution is 2.24. The molecule has 1 aliphatic heterocycles. The summed E-state index contributed by atoms with van der Waals surface area (Å²) < 4.78 is 0. The van der Waals surface area contributed by atoms with Crippen molar-refractivity contribution in [3.05, 3.63) is 35.9 Å². The number of likely N-dealkylation sites (N-methyl/N-ethyl adjacent to an activating group) is 1. The number of para-hydroxylation sites is 1. The zero-order valence-electron chi connectivity index (χ0n) is 16.2. The maximum absolute atomic E-state index is 12.7. The number of rotatable bonds is 6. The molecule has 2 N–H and O–H groups in total. The highest BCUT2D eigenvalue weighted by molar-refractivity contribution is 6.07. The van der Waals surface area contributed by atoms with E-state index in [-0.39, 0.29) is 11.9 Å². The summed E-state index contributed by atoms with van der Waals surface area (Å²) in [5.74, 6) is 0.780. The van der Waals surface area contributed by atoms with Crippen LogP contribution >= 0.6 is 0 Å². The van der Waals surface area contributed by atoms with Crippen molar-refractivity contribution in [1.82, 2.24) is 20.1 Å². The fourth-order valence-corrected chi connectivity index (χ4v) is 3.64. The van der Waals surface area contributed by atoms with E-state index in [1.54, 1.807) is 0 Å². The molecule has 0 bridgehead atoms. The molecule has 2 aromatic rings. The third-order valence-corrected chi connectivity index (χ3v) is 5.40. The summed E-state index contributed by atoms with van der Waals surface area (Å²) in [7, 11) is 2.17. The minimum atomic E-state index is 0.00544. The zero-order chi connectivity index (χ0) is 18.8.